The maximum Gasteiger partial charge on any atom is 0.0424 e. The number of hydrogen-bond acceptors (Lipinski definition) is 1. The summed E-state index contributed by atoms with van der Waals surface area (Å²) in [6.45, 7) is 2.29. The van der Waals surface area contributed by atoms with Gasteiger partial charge in [-0.25, -0.2) is 0 Å². The van der Waals surface area contributed by atoms with Crippen molar-refractivity contribution in [3.05, 3.63) is 24.5 Å². The van der Waals surface area contributed by atoms with E-state index in [0.717, 1.165) is 5.92 Å². The summed E-state index contributed by atoms with van der Waals surface area (Å²) in [6, 6.07) is 4.71. The second-order valence-electron chi connectivity index (χ2n) is 4.05. The van der Waals surface area contributed by atoms with Gasteiger partial charge in [0.15, 0.2) is 0 Å². The van der Waals surface area contributed by atoms with E-state index in [1.807, 2.05) is 12.1 Å². The standard InChI is InChI=1S/C11H18N2/c1-10(11-6-2-3-7-11)12-13-8-4-5-9-13/h4-5,8-12H,2-3,6-7H2,1H3. The topological polar surface area (TPSA) is 17.0 Å². The molecule has 0 radical (unpaired) electrons. The summed E-state index contributed by atoms with van der Waals surface area (Å²) in [4.78, 5) is 0. The molecule has 1 aromatic heterocycles. The summed E-state index contributed by atoms with van der Waals surface area (Å²) in [5.74, 6) is 0.877. The third kappa shape index (κ3) is 2.06. The number of hydrogen-bond donors (Lipinski definition) is 1. The highest BCUT2D eigenvalue weighted by Crippen LogP contribution is 2.27. The lowest BCUT2D eigenvalue weighted by atomic mass is 10.0. The van der Waals surface area contributed by atoms with Crippen LogP contribution in [0.15, 0.2) is 24.5 Å². The predicted molar refractivity (Wildman–Crippen MR) is 55.2 cm³/mol. The average molecular weight is 178 g/mol. The monoisotopic (exact) mass is 178 g/mol. The van der Waals surface area contributed by atoms with Gasteiger partial charge in [0.05, 0.1) is 0 Å². The van der Waals surface area contributed by atoms with Crippen molar-refractivity contribution in [3.63, 3.8) is 0 Å². The zero-order valence-electron chi connectivity index (χ0n) is 8.24. The molecule has 0 saturated heterocycles. The molecule has 2 rings (SSSR count). The zero-order valence-corrected chi connectivity index (χ0v) is 8.24. The van der Waals surface area contributed by atoms with Crippen LogP contribution < -0.4 is 5.43 Å². The van der Waals surface area contributed by atoms with Crippen LogP contribution in [-0.2, 0) is 0 Å². The van der Waals surface area contributed by atoms with Crippen molar-refractivity contribution in [2.75, 3.05) is 5.43 Å². The van der Waals surface area contributed by atoms with Gasteiger partial charge in [-0.2, -0.15) is 0 Å². The summed E-state index contributed by atoms with van der Waals surface area (Å²) in [7, 11) is 0. The lowest BCUT2D eigenvalue weighted by Gasteiger charge is -2.21. The van der Waals surface area contributed by atoms with Crippen molar-refractivity contribution in [1.82, 2.24) is 4.68 Å². The Morgan fingerprint density at radius 1 is 1.23 bits per heavy atom. The van der Waals surface area contributed by atoms with E-state index in [1.54, 1.807) is 0 Å². The van der Waals surface area contributed by atoms with E-state index in [4.69, 9.17) is 0 Å². The fraction of sp³-hybridized carbons (Fsp3) is 0.636. The van der Waals surface area contributed by atoms with Crippen LogP contribution in [0.4, 0.5) is 0 Å². The molecule has 1 saturated carbocycles. The maximum absolute atomic E-state index is 3.48. The van der Waals surface area contributed by atoms with Gasteiger partial charge >= 0.3 is 0 Å². The normalized spacial score (nSPS) is 20.4. The molecule has 0 amide bonds. The van der Waals surface area contributed by atoms with Crippen LogP contribution in [0.5, 0.6) is 0 Å². The molecule has 13 heavy (non-hydrogen) atoms. The molecule has 0 aliphatic heterocycles. The molecule has 0 spiro atoms. The molecule has 1 atom stereocenters. The van der Waals surface area contributed by atoms with Gasteiger partial charge in [0.25, 0.3) is 0 Å². The number of nitrogens with one attached hydrogen (secondary N) is 1. The number of aromatic nitrogens is 1. The number of rotatable bonds is 3. The van der Waals surface area contributed by atoms with Crippen LogP contribution >= 0.6 is 0 Å². The molecule has 0 aromatic carbocycles. The first-order valence-electron chi connectivity index (χ1n) is 5.26. The third-order valence-electron chi connectivity index (χ3n) is 3.06. The fourth-order valence-electron chi connectivity index (χ4n) is 2.22. The Labute approximate surface area is 79.9 Å². The molecular weight excluding hydrogens is 160 g/mol. The Morgan fingerprint density at radius 3 is 2.46 bits per heavy atom. The smallest absolute Gasteiger partial charge is 0.0424 e. The minimum absolute atomic E-state index is 0.606. The fourth-order valence-corrected chi connectivity index (χ4v) is 2.22. The van der Waals surface area contributed by atoms with E-state index >= 15 is 0 Å². The largest absolute Gasteiger partial charge is 0.323 e. The van der Waals surface area contributed by atoms with E-state index < -0.39 is 0 Å². The van der Waals surface area contributed by atoms with Gasteiger partial charge < -0.3 is 5.43 Å². The Balaban J connectivity index is 1.87. The molecule has 2 nitrogen and oxygen atoms in total. The van der Waals surface area contributed by atoms with Crippen LogP contribution in [0.2, 0.25) is 0 Å². The second kappa shape index (κ2) is 3.86. The Morgan fingerprint density at radius 2 is 1.85 bits per heavy atom. The van der Waals surface area contributed by atoms with E-state index in [2.05, 4.69) is 29.4 Å². The molecular formula is C11H18N2. The Kier molecular flexibility index (Phi) is 2.57. The number of nitrogens with zero attached hydrogens (tertiary/aromatic N) is 1. The Hall–Kier alpha value is -0.920. The highest BCUT2D eigenvalue weighted by atomic mass is 15.4. The van der Waals surface area contributed by atoms with Crippen molar-refractivity contribution in [3.8, 4) is 0 Å². The van der Waals surface area contributed by atoms with Gasteiger partial charge in [-0.05, 0) is 37.8 Å². The van der Waals surface area contributed by atoms with Crippen molar-refractivity contribution in [1.29, 1.82) is 0 Å². The summed E-state index contributed by atoms with van der Waals surface area (Å²) >= 11 is 0. The third-order valence-corrected chi connectivity index (χ3v) is 3.06. The molecule has 2 heteroatoms. The van der Waals surface area contributed by atoms with Gasteiger partial charge in [-0.15, -0.1) is 0 Å². The molecule has 1 fully saturated rings. The van der Waals surface area contributed by atoms with E-state index in [1.165, 1.54) is 25.7 Å². The van der Waals surface area contributed by atoms with Crippen LogP contribution in [0.25, 0.3) is 0 Å². The molecule has 1 aliphatic rings. The maximum atomic E-state index is 3.48. The van der Waals surface area contributed by atoms with E-state index in [9.17, 15) is 0 Å². The van der Waals surface area contributed by atoms with Gasteiger partial charge in [0.2, 0.25) is 0 Å². The van der Waals surface area contributed by atoms with Crippen molar-refractivity contribution in [2.45, 2.75) is 38.6 Å². The average Bonchev–Trinajstić information content (AvgIpc) is 2.74. The van der Waals surface area contributed by atoms with Crippen molar-refractivity contribution >= 4 is 0 Å². The highest BCUT2D eigenvalue weighted by molar-refractivity contribution is 4.96. The lowest BCUT2D eigenvalue weighted by molar-refractivity contribution is 0.454. The molecule has 72 valence electrons. The van der Waals surface area contributed by atoms with Gasteiger partial charge in [0.1, 0.15) is 0 Å². The molecule has 1 heterocycles. The summed E-state index contributed by atoms with van der Waals surface area (Å²) in [6.07, 6.45) is 9.76. The molecule has 0 bridgehead atoms. The van der Waals surface area contributed by atoms with E-state index in [0.29, 0.717) is 6.04 Å². The first-order chi connectivity index (χ1) is 6.36. The lowest BCUT2D eigenvalue weighted by Crippen LogP contribution is -2.30. The van der Waals surface area contributed by atoms with Gasteiger partial charge in [-0.1, -0.05) is 12.8 Å². The summed E-state index contributed by atoms with van der Waals surface area (Å²) in [5, 5.41) is 0. The second-order valence-corrected chi connectivity index (χ2v) is 4.05. The van der Waals surface area contributed by atoms with Crippen molar-refractivity contribution in [2.24, 2.45) is 5.92 Å². The molecule has 1 aromatic rings. The molecule has 1 N–H and O–H groups in total. The van der Waals surface area contributed by atoms with Crippen molar-refractivity contribution < 1.29 is 0 Å². The SMILES string of the molecule is CC(Nn1cccc1)C1CCCC1. The minimum Gasteiger partial charge on any atom is -0.323 e. The van der Waals surface area contributed by atoms with E-state index in [-0.39, 0.29) is 0 Å². The Bertz CT molecular complexity index is 235. The first-order valence-corrected chi connectivity index (χ1v) is 5.26. The molecule has 1 aliphatic carbocycles. The van der Waals surface area contributed by atoms with Gasteiger partial charge in [0, 0.05) is 18.4 Å². The molecule has 1 unspecified atom stereocenters. The van der Waals surface area contributed by atoms with Crippen LogP contribution in [-0.4, -0.2) is 10.7 Å². The highest BCUT2D eigenvalue weighted by Gasteiger charge is 2.20. The quantitative estimate of drug-likeness (QED) is 0.753. The van der Waals surface area contributed by atoms with Crippen LogP contribution in [0, 0.1) is 5.92 Å². The first kappa shape index (κ1) is 8.67. The minimum atomic E-state index is 0.606. The zero-order chi connectivity index (χ0) is 9.10. The summed E-state index contributed by atoms with van der Waals surface area (Å²) < 4.78 is 2.06. The summed E-state index contributed by atoms with van der Waals surface area (Å²) in [5.41, 5.74) is 3.48. The van der Waals surface area contributed by atoms with Crippen LogP contribution in [0.1, 0.15) is 32.6 Å². The van der Waals surface area contributed by atoms with Crippen LogP contribution in [0.3, 0.4) is 0 Å². The predicted octanol–water partition coefficient (Wildman–Crippen LogP) is 2.61. The van der Waals surface area contributed by atoms with Gasteiger partial charge in [-0.3, -0.25) is 4.68 Å².